The fraction of sp³-hybridized carbons (Fsp3) is 0.188. The number of hydrogen-bond donors (Lipinski definition) is 1. The van der Waals surface area contributed by atoms with Gasteiger partial charge in [0, 0.05) is 11.9 Å². The van der Waals surface area contributed by atoms with Crippen molar-refractivity contribution in [2.45, 2.75) is 17.4 Å². The third-order valence-electron chi connectivity index (χ3n) is 3.12. The number of sulfone groups is 1. The normalized spacial score (nSPS) is 12.4. The molecule has 4 nitrogen and oxygen atoms in total. The van der Waals surface area contributed by atoms with Gasteiger partial charge in [0.2, 0.25) is 0 Å². The van der Waals surface area contributed by atoms with Gasteiger partial charge in [-0.15, -0.1) is 0 Å². The zero-order valence-electron chi connectivity index (χ0n) is 11.7. The number of benzene rings is 2. The van der Waals surface area contributed by atoms with Crippen molar-refractivity contribution < 1.29 is 8.42 Å². The van der Waals surface area contributed by atoms with Gasteiger partial charge in [-0.1, -0.05) is 30.3 Å². The summed E-state index contributed by atoms with van der Waals surface area (Å²) in [6, 6.07) is 18.3. The van der Waals surface area contributed by atoms with E-state index < -0.39 is 9.84 Å². The van der Waals surface area contributed by atoms with Crippen LogP contribution in [0.4, 0.5) is 5.69 Å². The molecule has 1 atom stereocenters. The fourth-order valence-electron chi connectivity index (χ4n) is 2.03. The molecule has 0 aliphatic carbocycles. The summed E-state index contributed by atoms with van der Waals surface area (Å²) >= 11 is 0. The first-order valence-electron chi connectivity index (χ1n) is 6.49. The van der Waals surface area contributed by atoms with Crippen molar-refractivity contribution in [3.8, 4) is 6.07 Å². The van der Waals surface area contributed by atoms with E-state index >= 15 is 0 Å². The van der Waals surface area contributed by atoms with E-state index in [1.54, 1.807) is 24.3 Å². The second kappa shape index (κ2) is 6.42. The Morgan fingerprint density at radius 2 is 1.71 bits per heavy atom. The summed E-state index contributed by atoms with van der Waals surface area (Å²) in [5, 5.41) is 12.2. The average Bonchev–Trinajstić information content (AvgIpc) is 2.47. The molecule has 0 saturated heterocycles. The Morgan fingerprint density at radius 3 is 2.24 bits per heavy atom. The summed E-state index contributed by atoms with van der Waals surface area (Å²) in [6.45, 7) is 0. The van der Waals surface area contributed by atoms with Gasteiger partial charge < -0.3 is 5.32 Å². The van der Waals surface area contributed by atoms with E-state index in [0.29, 0.717) is 6.42 Å². The van der Waals surface area contributed by atoms with Gasteiger partial charge in [-0.05, 0) is 29.8 Å². The maximum atomic E-state index is 11.4. The van der Waals surface area contributed by atoms with E-state index in [1.807, 2.05) is 30.3 Å². The van der Waals surface area contributed by atoms with E-state index in [4.69, 9.17) is 5.26 Å². The Hall–Kier alpha value is -2.32. The Bertz CT molecular complexity index is 732. The van der Waals surface area contributed by atoms with Gasteiger partial charge >= 0.3 is 0 Å². The number of nitriles is 1. The molecule has 0 aliphatic heterocycles. The number of hydrogen-bond acceptors (Lipinski definition) is 4. The lowest BCUT2D eigenvalue weighted by Crippen LogP contribution is -2.10. The van der Waals surface area contributed by atoms with Crippen LogP contribution < -0.4 is 5.32 Å². The van der Waals surface area contributed by atoms with Crippen LogP contribution in [0.15, 0.2) is 59.5 Å². The molecule has 1 unspecified atom stereocenters. The quantitative estimate of drug-likeness (QED) is 0.921. The van der Waals surface area contributed by atoms with Crippen molar-refractivity contribution in [2.24, 2.45) is 0 Å². The van der Waals surface area contributed by atoms with Gasteiger partial charge in [-0.2, -0.15) is 5.26 Å². The van der Waals surface area contributed by atoms with Crippen LogP contribution in [0.1, 0.15) is 18.0 Å². The van der Waals surface area contributed by atoms with E-state index in [9.17, 15) is 8.42 Å². The smallest absolute Gasteiger partial charge is 0.175 e. The summed E-state index contributed by atoms with van der Waals surface area (Å²) in [5.41, 5.74) is 1.80. The number of anilines is 1. The van der Waals surface area contributed by atoms with Gasteiger partial charge in [0.05, 0.1) is 23.4 Å². The van der Waals surface area contributed by atoms with Crippen LogP contribution >= 0.6 is 0 Å². The Kier molecular flexibility index (Phi) is 4.61. The number of rotatable bonds is 5. The number of nitrogens with one attached hydrogen (secondary N) is 1. The fourth-order valence-corrected chi connectivity index (χ4v) is 2.66. The molecule has 5 heteroatoms. The van der Waals surface area contributed by atoms with Crippen LogP contribution in [-0.2, 0) is 9.84 Å². The molecule has 1 N–H and O–H groups in total. The molecule has 0 radical (unpaired) electrons. The minimum atomic E-state index is -3.19. The maximum absolute atomic E-state index is 11.4. The molecular weight excluding hydrogens is 284 g/mol. The van der Waals surface area contributed by atoms with Crippen molar-refractivity contribution in [3.05, 3.63) is 60.2 Å². The Balaban J connectivity index is 2.20. The van der Waals surface area contributed by atoms with E-state index in [-0.39, 0.29) is 10.9 Å². The van der Waals surface area contributed by atoms with E-state index in [0.717, 1.165) is 11.3 Å². The second-order valence-electron chi connectivity index (χ2n) is 4.77. The van der Waals surface area contributed by atoms with Crippen LogP contribution in [0.2, 0.25) is 0 Å². The van der Waals surface area contributed by atoms with Crippen LogP contribution in [0, 0.1) is 11.3 Å². The molecule has 2 rings (SSSR count). The zero-order chi connectivity index (χ0) is 15.3. The first-order valence-corrected chi connectivity index (χ1v) is 8.38. The third-order valence-corrected chi connectivity index (χ3v) is 4.25. The van der Waals surface area contributed by atoms with Gasteiger partial charge in [0.25, 0.3) is 0 Å². The van der Waals surface area contributed by atoms with Gasteiger partial charge in [-0.3, -0.25) is 0 Å². The molecule has 108 valence electrons. The molecule has 0 fully saturated rings. The molecule has 0 aromatic heterocycles. The first kappa shape index (κ1) is 15.1. The topological polar surface area (TPSA) is 70.0 Å². The van der Waals surface area contributed by atoms with Crippen LogP contribution in [-0.4, -0.2) is 14.7 Å². The van der Waals surface area contributed by atoms with Crippen molar-refractivity contribution >= 4 is 15.5 Å². The minimum absolute atomic E-state index is 0.125. The predicted octanol–water partition coefficient (Wildman–Crippen LogP) is 3.16. The van der Waals surface area contributed by atoms with E-state index in [1.165, 1.54) is 6.26 Å². The average molecular weight is 300 g/mol. The van der Waals surface area contributed by atoms with Crippen molar-refractivity contribution in [3.63, 3.8) is 0 Å². The molecule has 0 aliphatic rings. The molecule has 0 heterocycles. The maximum Gasteiger partial charge on any atom is 0.175 e. The second-order valence-corrected chi connectivity index (χ2v) is 6.78. The highest BCUT2D eigenvalue weighted by atomic mass is 32.2. The zero-order valence-corrected chi connectivity index (χ0v) is 12.5. The highest BCUT2D eigenvalue weighted by molar-refractivity contribution is 7.90. The van der Waals surface area contributed by atoms with Gasteiger partial charge in [0.1, 0.15) is 0 Å². The number of nitrogens with zero attached hydrogens (tertiary/aromatic N) is 1. The third kappa shape index (κ3) is 4.07. The van der Waals surface area contributed by atoms with Crippen molar-refractivity contribution in [1.82, 2.24) is 0 Å². The highest BCUT2D eigenvalue weighted by Gasteiger charge is 2.11. The minimum Gasteiger partial charge on any atom is -0.377 e. The summed E-state index contributed by atoms with van der Waals surface area (Å²) in [7, 11) is -3.19. The predicted molar refractivity (Wildman–Crippen MR) is 82.6 cm³/mol. The molecule has 2 aromatic rings. The highest BCUT2D eigenvalue weighted by Crippen LogP contribution is 2.23. The largest absolute Gasteiger partial charge is 0.377 e. The molecule has 0 bridgehead atoms. The first-order chi connectivity index (χ1) is 10.0. The SMILES string of the molecule is CS(=O)(=O)c1ccc(NC(CC#N)c2ccccc2)cc1. The van der Waals surface area contributed by atoms with Crippen molar-refractivity contribution in [1.29, 1.82) is 5.26 Å². The molecule has 21 heavy (non-hydrogen) atoms. The standard InChI is InChI=1S/C16H16N2O2S/c1-21(19,20)15-9-7-14(8-10-15)18-16(11-12-17)13-5-3-2-4-6-13/h2-10,16,18H,11H2,1H3. The van der Waals surface area contributed by atoms with Gasteiger partial charge in [-0.25, -0.2) is 8.42 Å². The molecular formula is C16H16N2O2S. The van der Waals surface area contributed by atoms with E-state index in [2.05, 4.69) is 11.4 Å². The lowest BCUT2D eigenvalue weighted by molar-refractivity contribution is 0.602. The van der Waals surface area contributed by atoms with Gasteiger partial charge in [0.15, 0.2) is 9.84 Å². The van der Waals surface area contributed by atoms with Crippen LogP contribution in [0.5, 0.6) is 0 Å². The Labute approximate surface area is 125 Å². The molecule has 0 amide bonds. The lowest BCUT2D eigenvalue weighted by Gasteiger charge is -2.17. The summed E-state index contributed by atoms with van der Waals surface area (Å²) in [5.74, 6) is 0. The Morgan fingerprint density at radius 1 is 1.10 bits per heavy atom. The molecule has 2 aromatic carbocycles. The summed E-state index contributed by atoms with van der Waals surface area (Å²) < 4.78 is 22.9. The molecule has 0 spiro atoms. The molecule has 0 saturated carbocycles. The van der Waals surface area contributed by atoms with Crippen molar-refractivity contribution in [2.75, 3.05) is 11.6 Å². The van der Waals surface area contributed by atoms with Crippen LogP contribution in [0.25, 0.3) is 0 Å². The summed E-state index contributed by atoms with van der Waals surface area (Å²) in [6.07, 6.45) is 1.51. The monoisotopic (exact) mass is 300 g/mol. The lowest BCUT2D eigenvalue weighted by atomic mass is 10.0. The van der Waals surface area contributed by atoms with Crippen LogP contribution in [0.3, 0.4) is 0 Å². The summed E-state index contributed by atoms with van der Waals surface area (Å²) in [4.78, 5) is 0.282.